The fraction of sp³-hybridized carbons (Fsp3) is 0.650. The molecule has 55 heavy (non-hydrogen) atoms. The minimum atomic E-state index is -4.75. The van der Waals surface area contributed by atoms with Gasteiger partial charge >= 0.3 is 7.82 Å². The number of hydrogen-bond donors (Lipinski definition) is 3. The average Bonchev–Trinajstić information content (AvgIpc) is 3.74. The lowest BCUT2D eigenvalue weighted by Crippen LogP contribution is -2.41. The Morgan fingerprint density at radius 1 is 0.945 bits per heavy atom. The number of aryl methyl sites for hydroxylation is 1. The van der Waals surface area contributed by atoms with E-state index in [0.29, 0.717) is 23.4 Å². The predicted octanol–water partition coefficient (Wildman–Crippen LogP) is 6.97. The monoisotopic (exact) mass is 783 g/mol. The van der Waals surface area contributed by atoms with Crippen LogP contribution in [0.1, 0.15) is 119 Å². The van der Waals surface area contributed by atoms with E-state index in [2.05, 4.69) is 23.1 Å². The van der Waals surface area contributed by atoms with E-state index >= 15 is 0 Å². The van der Waals surface area contributed by atoms with Crippen LogP contribution in [0.25, 0.3) is 5.52 Å². The number of phosphoric acid groups is 1. The Morgan fingerprint density at radius 2 is 1.62 bits per heavy atom. The normalized spacial score (nSPS) is 21.3. The fourth-order valence-electron chi connectivity index (χ4n) is 6.74. The number of unbranched alkanes of at least 4 members (excludes halogenated alkanes) is 13. The molecule has 0 radical (unpaired) electrons. The first-order valence-corrected chi connectivity index (χ1v) is 21.2. The molecule has 1 unspecified atom stereocenters. The molecule has 14 nitrogen and oxygen atoms in total. The molecule has 0 amide bonds. The van der Waals surface area contributed by atoms with Crippen molar-refractivity contribution < 1.29 is 42.9 Å². The van der Waals surface area contributed by atoms with Crippen LogP contribution >= 0.6 is 7.82 Å². The van der Waals surface area contributed by atoms with Crippen LogP contribution in [0.3, 0.4) is 0 Å². The van der Waals surface area contributed by atoms with Gasteiger partial charge in [-0.2, -0.15) is 15.6 Å². The molecule has 4 rings (SSSR count). The van der Waals surface area contributed by atoms with Crippen molar-refractivity contribution >= 4 is 13.3 Å². The topological polar surface area (TPSA) is 202 Å². The van der Waals surface area contributed by atoms with Crippen molar-refractivity contribution in [1.82, 2.24) is 14.6 Å². The SMILES string of the molecule is CCCCCCCCCCCCCCCCOC[C@H](COP(=O)(O)OC[C@H]1O[C@@](C#N)(c2ccc3c(C)ncnn23)[C@H](O)[C@@H]1O)OCc1cccc(C#N)c1. The maximum Gasteiger partial charge on any atom is 0.472 e. The number of phosphoric ester groups is 1. The number of aromatic nitrogens is 3. The number of ether oxygens (including phenoxy) is 3. The number of nitriles is 2. The molecule has 6 atom stereocenters. The van der Waals surface area contributed by atoms with Crippen LogP contribution in [0, 0.1) is 29.6 Å². The van der Waals surface area contributed by atoms with Crippen molar-refractivity contribution in [3.63, 3.8) is 0 Å². The molecule has 1 saturated heterocycles. The van der Waals surface area contributed by atoms with Crippen LogP contribution in [-0.4, -0.2) is 80.5 Å². The Morgan fingerprint density at radius 3 is 2.27 bits per heavy atom. The van der Waals surface area contributed by atoms with E-state index in [1.54, 1.807) is 31.2 Å². The standard InChI is InChI=1S/C40H58N5O9P/c1-3-4-5-6-7-8-9-10-11-12-13-14-15-16-22-50-26-34(51-25-33-19-17-18-32(23-33)24-41)27-52-55(48,49)53-28-36-38(46)39(47)40(29-42,54-36)37-21-20-35-31(2)43-30-44-45(35)37/h17-21,23,30,34,36,38-39,46-47H,3-16,22,25-28H2,1-2H3,(H,48,49)/t34-,36-,38-,39-,40+/m1/s1. The zero-order valence-corrected chi connectivity index (χ0v) is 33.2. The molecule has 0 aliphatic carbocycles. The lowest BCUT2D eigenvalue weighted by Gasteiger charge is -2.24. The molecule has 1 aliphatic rings. The summed E-state index contributed by atoms with van der Waals surface area (Å²) in [6.45, 7) is 3.66. The number of aliphatic hydroxyl groups excluding tert-OH is 2. The highest BCUT2D eigenvalue weighted by atomic mass is 31.2. The lowest BCUT2D eigenvalue weighted by molar-refractivity contribution is -0.0690. The van der Waals surface area contributed by atoms with E-state index < -0.39 is 44.4 Å². The summed E-state index contributed by atoms with van der Waals surface area (Å²) in [5.41, 5.74) is 0.521. The second-order valence-corrected chi connectivity index (χ2v) is 15.7. The van der Waals surface area contributed by atoms with Crippen molar-refractivity contribution in [2.45, 2.75) is 140 Å². The summed E-state index contributed by atoms with van der Waals surface area (Å²) in [6.07, 6.45) is 13.4. The van der Waals surface area contributed by atoms with E-state index in [9.17, 15) is 30.2 Å². The van der Waals surface area contributed by atoms with Gasteiger partial charge in [-0.3, -0.25) is 9.05 Å². The zero-order valence-electron chi connectivity index (χ0n) is 32.3. The molecular formula is C40H58N5O9P. The summed E-state index contributed by atoms with van der Waals surface area (Å²) in [5.74, 6) is 0. The summed E-state index contributed by atoms with van der Waals surface area (Å²) in [4.78, 5) is 14.7. The van der Waals surface area contributed by atoms with Crippen LogP contribution in [0.5, 0.6) is 0 Å². The maximum absolute atomic E-state index is 13.0. The van der Waals surface area contributed by atoms with Crippen LogP contribution in [0.15, 0.2) is 42.7 Å². The summed E-state index contributed by atoms with van der Waals surface area (Å²) in [6, 6.07) is 14.2. The van der Waals surface area contributed by atoms with Gasteiger partial charge in [0.05, 0.1) is 55.0 Å². The number of aliphatic hydroxyl groups is 2. The van der Waals surface area contributed by atoms with Gasteiger partial charge in [0, 0.05) is 6.61 Å². The Hall–Kier alpha value is -3.27. The number of benzene rings is 1. The molecule has 1 aromatic carbocycles. The average molecular weight is 784 g/mol. The zero-order chi connectivity index (χ0) is 39.5. The smallest absolute Gasteiger partial charge is 0.387 e. The molecule has 3 N–H and O–H groups in total. The first-order chi connectivity index (χ1) is 26.6. The molecule has 0 saturated carbocycles. The highest BCUT2D eigenvalue weighted by Crippen LogP contribution is 2.46. The third-order valence-electron chi connectivity index (χ3n) is 9.96. The third-order valence-corrected chi connectivity index (χ3v) is 10.9. The molecule has 2 aromatic heterocycles. The van der Waals surface area contributed by atoms with Crippen molar-refractivity contribution in [2.75, 3.05) is 26.4 Å². The van der Waals surface area contributed by atoms with Crippen molar-refractivity contribution in [3.8, 4) is 12.1 Å². The van der Waals surface area contributed by atoms with Crippen LogP contribution in [0.4, 0.5) is 0 Å². The molecule has 1 aliphatic heterocycles. The minimum Gasteiger partial charge on any atom is -0.387 e. The largest absolute Gasteiger partial charge is 0.472 e. The second kappa shape index (κ2) is 23.1. The molecule has 15 heteroatoms. The van der Waals surface area contributed by atoms with E-state index in [1.807, 2.05) is 12.1 Å². The molecular weight excluding hydrogens is 725 g/mol. The van der Waals surface area contributed by atoms with Gasteiger partial charge in [-0.15, -0.1) is 0 Å². The predicted molar refractivity (Wildman–Crippen MR) is 204 cm³/mol. The lowest BCUT2D eigenvalue weighted by atomic mass is 9.92. The first-order valence-electron chi connectivity index (χ1n) is 19.7. The van der Waals surface area contributed by atoms with Gasteiger partial charge in [0.1, 0.15) is 36.8 Å². The van der Waals surface area contributed by atoms with Crippen LogP contribution < -0.4 is 0 Å². The molecule has 0 spiro atoms. The van der Waals surface area contributed by atoms with Crippen molar-refractivity contribution in [2.24, 2.45) is 0 Å². The first kappa shape index (κ1) is 44.4. The Bertz CT molecular complexity index is 1730. The van der Waals surface area contributed by atoms with Crippen LogP contribution in [0.2, 0.25) is 0 Å². The van der Waals surface area contributed by atoms with E-state index in [4.69, 9.17) is 23.3 Å². The van der Waals surface area contributed by atoms with Gasteiger partial charge in [-0.05, 0) is 43.2 Å². The summed E-state index contributed by atoms with van der Waals surface area (Å²) in [5, 5.41) is 45.4. The van der Waals surface area contributed by atoms with Gasteiger partial charge in [0.15, 0.2) is 0 Å². The van der Waals surface area contributed by atoms with Gasteiger partial charge in [0.2, 0.25) is 5.60 Å². The third kappa shape index (κ3) is 13.4. The number of rotatable bonds is 27. The minimum absolute atomic E-state index is 0.0893. The second-order valence-electron chi connectivity index (χ2n) is 14.3. The quantitative estimate of drug-likeness (QED) is 0.0529. The number of fused-ring (bicyclic) bond motifs is 1. The highest BCUT2D eigenvalue weighted by molar-refractivity contribution is 7.47. The summed E-state index contributed by atoms with van der Waals surface area (Å²) >= 11 is 0. The van der Waals surface area contributed by atoms with Gasteiger partial charge in [-0.25, -0.2) is 14.1 Å². The highest BCUT2D eigenvalue weighted by Gasteiger charge is 2.58. The molecule has 302 valence electrons. The molecule has 0 bridgehead atoms. The van der Waals surface area contributed by atoms with E-state index in [0.717, 1.165) is 24.8 Å². The Labute approximate surface area is 325 Å². The molecule has 1 fully saturated rings. The van der Waals surface area contributed by atoms with Crippen molar-refractivity contribution in [3.05, 3.63) is 65.2 Å². The van der Waals surface area contributed by atoms with Gasteiger partial charge in [-0.1, -0.05) is 103 Å². The summed E-state index contributed by atoms with van der Waals surface area (Å²) in [7, 11) is -4.75. The van der Waals surface area contributed by atoms with E-state index in [-0.39, 0.29) is 25.5 Å². The number of hydrogen-bond acceptors (Lipinski definition) is 12. The van der Waals surface area contributed by atoms with E-state index in [1.165, 1.54) is 87.5 Å². The Kier molecular flexibility index (Phi) is 18.6. The van der Waals surface area contributed by atoms with Crippen LogP contribution in [-0.2, 0) is 40.0 Å². The molecule has 3 aromatic rings. The van der Waals surface area contributed by atoms with Gasteiger partial charge < -0.3 is 29.3 Å². The Balaban J connectivity index is 1.22. The summed E-state index contributed by atoms with van der Waals surface area (Å²) < 4.78 is 42.6. The fourth-order valence-corrected chi connectivity index (χ4v) is 7.50. The number of nitrogens with zero attached hydrogens (tertiary/aromatic N) is 5. The molecule has 3 heterocycles. The maximum atomic E-state index is 13.0. The van der Waals surface area contributed by atoms with Gasteiger partial charge in [0.25, 0.3) is 0 Å². The van der Waals surface area contributed by atoms with Crippen molar-refractivity contribution in [1.29, 1.82) is 10.5 Å².